The zero-order valence-electron chi connectivity index (χ0n) is 9.48. The molecule has 0 spiro atoms. The van der Waals surface area contributed by atoms with Gasteiger partial charge in [0.15, 0.2) is 0 Å². The normalized spacial score (nSPS) is 31.4. The molecule has 0 aliphatic carbocycles. The van der Waals surface area contributed by atoms with Crippen molar-refractivity contribution < 1.29 is 0 Å². The van der Waals surface area contributed by atoms with Crippen molar-refractivity contribution in [2.24, 2.45) is 0 Å². The Hall–Kier alpha value is 0.01000. The molecule has 2 nitrogen and oxygen atoms in total. The second-order valence-corrected chi connectivity index (χ2v) is 4.60. The van der Waals surface area contributed by atoms with Gasteiger partial charge in [-0.2, -0.15) is 12.6 Å². The molecule has 0 radical (unpaired) electrons. The van der Waals surface area contributed by atoms with Gasteiger partial charge in [-0.3, -0.25) is 9.80 Å². The van der Waals surface area contributed by atoms with E-state index in [-0.39, 0.29) is 0 Å². The van der Waals surface area contributed by atoms with E-state index < -0.39 is 0 Å². The van der Waals surface area contributed by atoms with Gasteiger partial charge in [-0.25, -0.2) is 0 Å². The highest BCUT2D eigenvalue weighted by molar-refractivity contribution is 7.80. The van der Waals surface area contributed by atoms with Crippen LogP contribution in [0, 0.1) is 0 Å². The van der Waals surface area contributed by atoms with Gasteiger partial charge in [0.25, 0.3) is 0 Å². The van der Waals surface area contributed by atoms with Crippen LogP contribution in [0.25, 0.3) is 0 Å². The predicted molar refractivity (Wildman–Crippen MR) is 66.1 cm³/mol. The van der Waals surface area contributed by atoms with E-state index in [1.54, 1.807) is 0 Å². The first-order valence-electron chi connectivity index (χ1n) is 5.35. The summed E-state index contributed by atoms with van der Waals surface area (Å²) in [5, 5.41) is 0. The van der Waals surface area contributed by atoms with E-state index in [0.717, 1.165) is 12.3 Å². The highest BCUT2D eigenvalue weighted by atomic mass is 32.1. The first-order valence-corrected chi connectivity index (χ1v) is 5.98. The van der Waals surface area contributed by atoms with E-state index in [2.05, 4.69) is 55.5 Å². The summed E-state index contributed by atoms with van der Waals surface area (Å²) in [4.78, 5) is 4.97. The van der Waals surface area contributed by atoms with Gasteiger partial charge in [-0.1, -0.05) is 12.2 Å². The maximum absolute atomic E-state index is 4.15. The fourth-order valence-corrected chi connectivity index (χ4v) is 2.11. The second-order valence-electron chi connectivity index (χ2n) is 4.24. The lowest BCUT2D eigenvalue weighted by molar-refractivity contribution is 0.0673. The molecular weight excluding hydrogens is 192 g/mol. The minimum atomic E-state index is 0.670. The zero-order valence-corrected chi connectivity index (χ0v) is 10.4. The van der Waals surface area contributed by atoms with Crippen LogP contribution in [0.3, 0.4) is 0 Å². The van der Waals surface area contributed by atoms with Crippen LogP contribution in [0.4, 0.5) is 0 Å². The molecule has 3 heteroatoms. The van der Waals surface area contributed by atoms with Crippen LogP contribution in [-0.2, 0) is 0 Å². The van der Waals surface area contributed by atoms with Crippen LogP contribution in [0.2, 0.25) is 0 Å². The summed E-state index contributed by atoms with van der Waals surface area (Å²) in [6.07, 6.45) is 4.34. The third-order valence-electron chi connectivity index (χ3n) is 3.07. The summed E-state index contributed by atoms with van der Waals surface area (Å²) in [5.74, 6) is 0.846. The predicted octanol–water partition coefficient (Wildman–Crippen LogP) is 1.50. The molecule has 1 aliphatic rings. The molecule has 1 aliphatic heterocycles. The van der Waals surface area contributed by atoms with E-state index in [0.29, 0.717) is 12.1 Å². The van der Waals surface area contributed by atoms with Gasteiger partial charge >= 0.3 is 0 Å². The third kappa shape index (κ3) is 3.30. The van der Waals surface area contributed by atoms with Crippen LogP contribution in [0.1, 0.15) is 13.8 Å². The summed E-state index contributed by atoms with van der Waals surface area (Å²) in [6, 6.07) is 1.34. The molecule has 1 fully saturated rings. The Kier molecular flexibility index (Phi) is 4.99. The van der Waals surface area contributed by atoms with Gasteiger partial charge in [-0.15, -0.1) is 0 Å². The van der Waals surface area contributed by atoms with Crippen molar-refractivity contribution in [1.82, 2.24) is 9.80 Å². The summed E-state index contributed by atoms with van der Waals surface area (Å²) in [5.41, 5.74) is 0. The van der Waals surface area contributed by atoms with Crippen LogP contribution in [0.5, 0.6) is 0 Å². The average Bonchev–Trinajstić information content (AvgIpc) is 2.14. The maximum atomic E-state index is 4.15. The number of hydrogen-bond donors (Lipinski definition) is 1. The summed E-state index contributed by atoms with van der Waals surface area (Å²) in [6.45, 7) is 8.02. The Morgan fingerprint density at radius 2 is 1.79 bits per heavy atom. The highest BCUT2D eigenvalue weighted by Gasteiger charge is 2.25. The molecule has 0 bridgehead atoms. The third-order valence-corrected chi connectivity index (χ3v) is 3.28. The van der Waals surface area contributed by atoms with Crippen LogP contribution in [0.15, 0.2) is 12.2 Å². The maximum Gasteiger partial charge on any atom is 0.0195 e. The number of piperazine rings is 1. The fraction of sp³-hybridized carbons (Fsp3) is 0.818. The van der Waals surface area contributed by atoms with Gasteiger partial charge in [0.05, 0.1) is 0 Å². The number of thiol groups is 1. The fourth-order valence-electron chi connectivity index (χ4n) is 1.96. The SMILES string of the molecule is CC1CN(C/C=C/CS)CC(C)N1C. The van der Waals surface area contributed by atoms with E-state index in [1.165, 1.54) is 13.1 Å². The molecule has 2 atom stereocenters. The van der Waals surface area contributed by atoms with Crippen molar-refractivity contribution in [3.05, 3.63) is 12.2 Å². The number of nitrogens with zero attached hydrogens (tertiary/aromatic N) is 2. The monoisotopic (exact) mass is 214 g/mol. The summed E-state index contributed by atoms with van der Waals surface area (Å²) >= 11 is 4.15. The molecular formula is C11H22N2S. The molecule has 1 rings (SSSR count). The molecule has 1 heterocycles. The smallest absolute Gasteiger partial charge is 0.0195 e. The van der Waals surface area contributed by atoms with Crippen molar-refractivity contribution in [1.29, 1.82) is 0 Å². The molecule has 82 valence electrons. The van der Waals surface area contributed by atoms with E-state index >= 15 is 0 Å². The average molecular weight is 214 g/mol. The lowest BCUT2D eigenvalue weighted by Crippen LogP contribution is -2.54. The lowest BCUT2D eigenvalue weighted by Gasteiger charge is -2.42. The van der Waals surface area contributed by atoms with Crippen LogP contribution in [-0.4, -0.2) is 54.3 Å². The number of hydrogen-bond acceptors (Lipinski definition) is 3. The molecule has 0 aromatic carbocycles. The highest BCUT2D eigenvalue weighted by Crippen LogP contribution is 2.12. The molecule has 2 unspecified atom stereocenters. The van der Waals surface area contributed by atoms with Gasteiger partial charge in [-0.05, 0) is 20.9 Å². The largest absolute Gasteiger partial charge is 0.298 e. The number of likely N-dealkylation sites (N-methyl/N-ethyl adjacent to an activating group) is 1. The Bertz CT molecular complexity index is 182. The Morgan fingerprint density at radius 1 is 1.21 bits per heavy atom. The van der Waals surface area contributed by atoms with Crippen LogP contribution < -0.4 is 0 Å². The molecule has 1 saturated heterocycles. The summed E-state index contributed by atoms with van der Waals surface area (Å²) < 4.78 is 0. The van der Waals surface area contributed by atoms with Gasteiger partial charge in [0.2, 0.25) is 0 Å². The molecule has 0 aromatic heterocycles. The van der Waals surface area contributed by atoms with Crippen molar-refractivity contribution in [3.63, 3.8) is 0 Å². The Morgan fingerprint density at radius 3 is 2.29 bits per heavy atom. The van der Waals surface area contributed by atoms with E-state index in [4.69, 9.17) is 0 Å². The molecule has 0 N–H and O–H groups in total. The van der Waals surface area contributed by atoms with Gasteiger partial charge in [0.1, 0.15) is 0 Å². The second kappa shape index (κ2) is 5.79. The standard InChI is InChI=1S/C11H22N2S/c1-10-8-13(6-4-5-7-14)9-11(2)12(10)3/h4-5,10-11,14H,6-9H2,1-3H3/b5-4+. The first kappa shape index (κ1) is 12.1. The van der Waals surface area contributed by atoms with E-state index in [1.807, 2.05) is 0 Å². The van der Waals surface area contributed by atoms with Crippen molar-refractivity contribution in [2.75, 3.05) is 32.4 Å². The summed E-state index contributed by atoms with van der Waals surface area (Å²) in [7, 11) is 2.22. The lowest BCUT2D eigenvalue weighted by atomic mass is 10.1. The number of rotatable bonds is 3. The first-order chi connectivity index (χ1) is 6.65. The minimum absolute atomic E-state index is 0.670. The molecule has 14 heavy (non-hydrogen) atoms. The molecule has 0 aromatic rings. The Balaban J connectivity index is 2.38. The van der Waals surface area contributed by atoms with E-state index in [9.17, 15) is 0 Å². The minimum Gasteiger partial charge on any atom is -0.298 e. The van der Waals surface area contributed by atoms with Crippen molar-refractivity contribution in [2.45, 2.75) is 25.9 Å². The molecule has 0 amide bonds. The van der Waals surface area contributed by atoms with Crippen LogP contribution >= 0.6 is 12.6 Å². The zero-order chi connectivity index (χ0) is 10.6. The van der Waals surface area contributed by atoms with Gasteiger partial charge < -0.3 is 0 Å². The topological polar surface area (TPSA) is 6.48 Å². The van der Waals surface area contributed by atoms with Crippen molar-refractivity contribution in [3.8, 4) is 0 Å². The Labute approximate surface area is 93.4 Å². The quantitative estimate of drug-likeness (QED) is 0.562. The van der Waals surface area contributed by atoms with Gasteiger partial charge in [0, 0.05) is 37.5 Å². The van der Waals surface area contributed by atoms with Crippen molar-refractivity contribution >= 4 is 12.6 Å². The molecule has 0 saturated carbocycles.